The summed E-state index contributed by atoms with van der Waals surface area (Å²) in [4.78, 5) is 28.0. The number of piperidine rings is 1. The summed E-state index contributed by atoms with van der Waals surface area (Å²) in [5.74, 6) is 2.27. The molecule has 0 spiro atoms. The number of nitrogens with one attached hydrogen (secondary N) is 1. The molecule has 0 bridgehead atoms. The third kappa shape index (κ3) is 4.81. The largest absolute Gasteiger partial charge is 0.356 e. The Bertz CT molecular complexity index is 778. The normalized spacial score (nSPS) is 17.0. The lowest BCUT2D eigenvalue weighted by Crippen LogP contribution is -2.41. The van der Waals surface area contributed by atoms with Crippen LogP contribution in [-0.2, 0) is 4.79 Å². The smallest absolute Gasteiger partial charge is 0.219 e. The number of aryl methyl sites for hydroxylation is 1. The SMILES string of the molecule is CCCC(=O)NCC1CCCN(c2nc(-c3ccccn3)nc(C)c2C)C1. The Morgan fingerprint density at radius 2 is 2.15 bits per heavy atom. The van der Waals surface area contributed by atoms with Crippen LogP contribution in [0.5, 0.6) is 0 Å². The van der Waals surface area contributed by atoms with E-state index in [1.54, 1.807) is 6.20 Å². The Labute approximate surface area is 161 Å². The molecule has 1 aliphatic rings. The molecule has 1 fully saturated rings. The number of pyridine rings is 1. The topological polar surface area (TPSA) is 71.0 Å². The Kier molecular flexibility index (Phi) is 6.37. The van der Waals surface area contributed by atoms with Crippen LogP contribution in [0.15, 0.2) is 24.4 Å². The summed E-state index contributed by atoms with van der Waals surface area (Å²) in [5, 5.41) is 3.08. The van der Waals surface area contributed by atoms with Gasteiger partial charge in [-0.25, -0.2) is 9.97 Å². The number of nitrogens with zero attached hydrogens (tertiary/aromatic N) is 4. The second-order valence-electron chi connectivity index (χ2n) is 7.30. The molecule has 0 aromatic carbocycles. The van der Waals surface area contributed by atoms with Gasteiger partial charge in [-0.2, -0.15) is 0 Å². The fraction of sp³-hybridized carbons (Fsp3) is 0.524. The van der Waals surface area contributed by atoms with Crippen LogP contribution in [0.25, 0.3) is 11.5 Å². The minimum atomic E-state index is 0.154. The molecule has 0 aliphatic carbocycles. The van der Waals surface area contributed by atoms with Crippen LogP contribution in [0.2, 0.25) is 0 Å². The van der Waals surface area contributed by atoms with E-state index >= 15 is 0 Å². The molecule has 2 aromatic rings. The lowest BCUT2D eigenvalue weighted by Gasteiger charge is -2.34. The van der Waals surface area contributed by atoms with Crippen molar-refractivity contribution < 1.29 is 4.79 Å². The van der Waals surface area contributed by atoms with E-state index in [0.29, 0.717) is 18.2 Å². The summed E-state index contributed by atoms with van der Waals surface area (Å²) in [5.41, 5.74) is 2.90. The lowest BCUT2D eigenvalue weighted by molar-refractivity contribution is -0.121. The second-order valence-corrected chi connectivity index (χ2v) is 7.30. The van der Waals surface area contributed by atoms with E-state index in [-0.39, 0.29) is 5.91 Å². The van der Waals surface area contributed by atoms with Gasteiger partial charge in [-0.05, 0) is 51.2 Å². The monoisotopic (exact) mass is 367 g/mol. The molecule has 2 aromatic heterocycles. The van der Waals surface area contributed by atoms with Crippen molar-refractivity contribution in [2.75, 3.05) is 24.5 Å². The summed E-state index contributed by atoms with van der Waals surface area (Å²) in [7, 11) is 0. The van der Waals surface area contributed by atoms with Gasteiger partial charge in [-0.15, -0.1) is 0 Å². The Hall–Kier alpha value is -2.50. The van der Waals surface area contributed by atoms with Crippen molar-refractivity contribution in [3.05, 3.63) is 35.7 Å². The molecule has 1 aliphatic heterocycles. The number of hydrogen-bond acceptors (Lipinski definition) is 5. The predicted octanol–water partition coefficient (Wildman–Crippen LogP) is 3.29. The maximum Gasteiger partial charge on any atom is 0.219 e. The molecule has 3 heterocycles. The van der Waals surface area contributed by atoms with Crippen molar-refractivity contribution in [2.45, 2.75) is 46.5 Å². The second kappa shape index (κ2) is 8.93. The van der Waals surface area contributed by atoms with Crippen LogP contribution < -0.4 is 10.2 Å². The zero-order valence-corrected chi connectivity index (χ0v) is 16.5. The van der Waals surface area contributed by atoms with Gasteiger partial charge >= 0.3 is 0 Å². The Balaban J connectivity index is 1.76. The molecule has 144 valence electrons. The highest BCUT2D eigenvalue weighted by Gasteiger charge is 2.24. The average molecular weight is 367 g/mol. The van der Waals surface area contributed by atoms with Gasteiger partial charge in [0, 0.05) is 43.5 Å². The highest BCUT2D eigenvalue weighted by Crippen LogP contribution is 2.27. The van der Waals surface area contributed by atoms with Crippen molar-refractivity contribution in [3.8, 4) is 11.5 Å². The number of rotatable bonds is 6. The van der Waals surface area contributed by atoms with Gasteiger partial charge in [-0.1, -0.05) is 13.0 Å². The van der Waals surface area contributed by atoms with Crippen LogP contribution in [0.1, 0.15) is 43.9 Å². The third-order valence-electron chi connectivity index (χ3n) is 5.14. The van der Waals surface area contributed by atoms with Crippen molar-refractivity contribution in [1.29, 1.82) is 0 Å². The molecule has 1 saturated heterocycles. The first-order valence-corrected chi connectivity index (χ1v) is 9.86. The molecule has 0 saturated carbocycles. The molecule has 3 rings (SSSR count). The zero-order valence-electron chi connectivity index (χ0n) is 16.5. The zero-order chi connectivity index (χ0) is 19.2. The molecule has 1 unspecified atom stereocenters. The first-order valence-electron chi connectivity index (χ1n) is 9.86. The maximum atomic E-state index is 11.8. The van der Waals surface area contributed by atoms with Gasteiger partial charge < -0.3 is 10.2 Å². The van der Waals surface area contributed by atoms with Gasteiger partial charge in [0.25, 0.3) is 0 Å². The first-order chi connectivity index (χ1) is 13.1. The van der Waals surface area contributed by atoms with Gasteiger partial charge in [0.05, 0.1) is 0 Å². The van der Waals surface area contributed by atoms with Crippen LogP contribution in [0.4, 0.5) is 5.82 Å². The number of hydrogen-bond donors (Lipinski definition) is 1. The van der Waals surface area contributed by atoms with Gasteiger partial charge in [-0.3, -0.25) is 9.78 Å². The van der Waals surface area contributed by atoms with Crippen LogP contribution >= 0.6 is 0 Å². The fourth-order valence-electron chi connectivity index (χ4n) is 3.53. The number of carbonyl (C=O) groups is 1. The van der Waals surface area contributed by atoms with Crippen molar-refractivity contribution >= 4 is 11.7 Å². The summed E-state index contributed by atoms with van der Waals surface area (Å²) >= 11 is 0. The van der Waals surface area contributed by atoms with Gasteiger partial charge in [0.1, 0.15) is 11.5 Å². The van der Waals surface area contributed by atoms with Crippen LogP contribution in [0, 0.1) is 19.8 Å². The Morgan fingerprint density at radius 1 is 1.30 bits per heavy atom. The summed E-state index contributed by atoms with van der Waals surface area (Å²) in [6, 6.07) is 5.79. The highest BCUT2D eigenvalue weighted by atomic mass is 16.1. The molecule has 0 radical (unpaired) electrons. The van der Waals surface area contributed by atoms with E-state index in [0.717, 1.165) is 61.7 Å². The minimum absolute atomic E-state index is 0.154. The summed E-state index contributed by atoms with van der Waals surface area (Å²) in [6.45, 7) is 8.77. The maximum absolute atomic E-state index is 11.8. The van der Waals surface area contributed by atoms with E-state index in [1.807, 2.05) is 32.0 Å². The molecule has 6 heteroatoms. The molecule has 27 heavy (non-hydrogen) atoms. The minimum Gasteiger partial charge on any atom is -0.356 e. The van der Waals surface area contributed by atoms with Crippen molar-refractivity contribution in [2.24, 2.45) is 5.92 Å². The van der Waals surface area contributed by atoms with Crippen molar-refractivity contribution in [1.82, 2.24) is 20.3 Å². The van der Waals surface area contributed by atoms with Crippen molar-refractivity contribution in [3.63, 3.8) is 0 Å². The van der Waals surface area contributed by atoms with E-state index in [4.69, 9.17) is 4.98 Å². The molecule has 1 amide bonds. The van der Waals surface area contributed by atoms with E-state index < -0.39 is 0 Å². The number of aromatic nitrogens is 3. The van der Waals surface area contributed by atoms with Gasteiger partial charge in [0.2, 0.25) is 5.91 Å². The standard InChI is InChI=1S/C21H29N5O/c1-4-8-19(27)23-13-17-9-7-12-26(14-17)21-15(2)16(3)24-20(25-21)18-10-5-6-11-22-18/h5-6,10-11,17H,4,7-9,12-14H2,1-3H3,(H,23,27). The molecule has 1 atom stereocenters. The van der Waals surface area contributed by atoms with Crippen LogP contribution in [0.3, 0.4) is 0 Å². The van der Waals surface area contributed by atoms with E-state index in [1.165, 1.54) is 0 Å². The van der Waals surface area contributed by atoms with E-state index in [2.05, 4.69) is 27.1 Å². The Morgan fingerprint density at radius 3 is 2.89 bits per heavy atom. The van der Waals surface area contributed by atoms with E-state index in [9.17, 15) is 4.79 Å². The molecule has 6 nitrogen and oxygen atoms in total. The predicted molar refractivity (Wildman–Crippen MR) is 108 cm³/mol. The summed E-state index contributed by atoms with van der Waals surface area (Å²) in [6.07, 6.45) is 5.50. The van der Waals surface area contributed by atoms with Gasteiger partial charge in [0.15, 0.2) is 5.82 Å². The highest BCUT2D eigenvalue weighted by molar-refractivity contribution is 5.75. The number of anilines is 1. The average Bonchev–Trinajstić information content (AvgIpc) is 2.69. The number of carbonyl (C=O) groups excluding carboxylic acids is 1. The third-order valence-corrected chi connectivity index (χ3v) is 5.14. The lowest BCUT2D eigenvalue weighted by atomic mass is 9.97. The molecule has 1 N–H and O–H groups in total. The molecular weight excluding hydrogens is 338 g/mol. The fourth-order valence-corrected chi connectivity index (χ4v) is 3.53. The number of amides is 1. The first kappa shape index (κ1) is 19.3. The summed E-state index contributed by atoms with van der Waals surface area (Å²) < 4.78 is 0. The van der Waals surface area contributed by atoms with Crippen LogP contribution in [-0.4, -0.2) is 40.5 Å². The molecular formula is C21H29N5O. The quantitative estimate of drug-likeness (QED) is 0.848.